The van der Waals surface area contributed by atoms with Crippen LogP contribution in [0, 0.1) is 5.92 Å². The average Bonchev–Trinajstić information content (AvgIpc) is 3.18. The van der Waals surface area contributed by atoms with E-state index in [0.717, 1.165) is 27.7 Å². The maximum atomic E-state index is 11.8. The molecule has 0 saturated heterocycles. The first-order chi connectivity index (χ1) is 11.1. The normalized spacial score (nSPS) is 10.9. The van der Waals surface area contributed by atoms with Crippen molar-refractivity contribution in [3.8, 4) is 22.0 Å². The molecule has 3 aromatic rings. The van der Waals surface area contributed by atoms with Gasteiger partial charge in [-0.25, -0.2) is 4.98 Å². The molecule has 0 unspecified atom stereocenters. The maximum absolute atomic E-state index is 11.8. The Bertz CT molecular complexity index is 774. The van der Waals surface area contributed by atoms with Gasteiger partial charge in [-0.2, -0.15) is 0 Å². The summed E-state index contributed by atoms with van der Waals surface area (Å²) in [6, 6.07) is 11.5. The fourth-order valence-electron chi connectivity index (χ4n) is 2.23. The Morgan fingerprint density at radius 3 is 2.70 bits per heavy atom. The van der Waals surface area contributed by atoms with Crippen LogP contribution in [0.25, 0.3) is 22.0 Å². The second-order valence-corrected chi connectivity index (χ2v) is 6.60. The van der Waals surface area contributed by atoms with Crippen LogP contribution < -0.4 is 5.32 Å². The smallest absolute Gasteiger partial charge is 0.224 e. The Labute approximate surface area is 139 Å². The van der Waals surface area contributed by atoms with E-state index in [1.165, 1.54) is 0 Å². The number of carbonyl (C=O) groups is 1. The van der Waals surface area contributed by atoms with Gasteiger partial charge in [-0.1, -0.05) is 26.0 Å². The van der Waals surface area contributed by atoms with E-state index in [2.05, 4.69) is 10.3 Å². The lowest BCUT2D eigenvalue weighted by atomic mass is 10.1. The highest BCUT2D eigenvalue weighted by molar-refractivity contribution is 7.13. The summed E-state index contributed by atoms with van der Waals surface area (Å²) in [6.45, 7) is 4.06. The highest BCUT2D eigenvalue weighted by Gasteiger charge is 2.09. The van der Waals surface area contributed by atoms with Gasteiger partial charge < -0.3 is 9.73 Å². The van der Waals surface area contributed by atoms with Gasteiger partial charge in [0, 0.05) is 23.1 Å². The number of nitrogens with zero attached hydrogens (tertiary/aromatic N) is 1. The minimum atomic E-state index is 0.0431. The van der Waals surface area contributed by atoms with Gasteiger partial charge in [0.1, 0.15) is 0 Å². The third kappa shape index (κ3) is 3.87. The summed E-state index contributed by atoms with van der Waals surface area (Å²) in [7, 11) is 0. The van der Waals surface area contributed by atoms with Crippen LogP contribution in [0.15, 0.2) is 52.5 Å². The maximum Gasteiger partial charge on any atom is 0.224 e. The van der Waals surface area contributed by atoms with E-state index < -0.39 is 0 Å². The van der Waals surface area contributed by atoms with Crippen molar-refractivity contribution in [2.45, 2.75) is 20.3 Å². The van der Waals surface area contributed by atoms with E-state index in [-0.39, 0.29) is 5.91 Å². The zero-order valence-corrected chi connectivity index (χ0v) is 13.9. The number of nitrogens with one attached hydrogen (secondary N) is 1. The average molecular weight is 326 g/mol. The van der Waals surface area contributed by atoms with Crippen molar-refractivity contribution in [1.82, 2.24) is 4.98 Å². The number of thiazole rings is 1. The predicted octanol–water partition coefficient (Wildman–Crippen LogP) is 5.05. The zero-order valence-electron chi connectivity index (χ0n) is 13.1. The van der Waals surface area contributed by atoms with Gasteiger partial charge in [-0.3, -0.25) is 4.79 Å². The molecule has 0 aliphatic heterocycles. The van der Waals surface area contributed by atoms with Crippen molar-refractivity contribution in [3.63, 3.8) is 0 Å². The van der Waals surface area contributed by atoms with E-state index in [9.17, 15) is 4.79 Å². The van der Waals surface area contributed by atoms with Gasteiger partial charge in [-0.15, -0.1) is 11.3 Å². The van der Waals surface area contributed by atoms with Crippen LogP contribution in [-0.4, -0.2) is 10.9 Å². The zero-order chi connectivity index (χ0) is 16.2. The molecule has 1 N–H and O–H groups in total. The topological polar surface area (TPSA) is 55.1 Å². The van der Waals surface area contributed by atoms with Crippen molar-refractivity contribution in [3.05, 3.63) is 48.0 Å². The van der Waals surface area contributed by atoms with Gasteiger partial charge in [0.15, 0.2) is 10.8 Å². The molecular formula is C18H18N2O2S. The number of carbonyl (C=O) groups excluding carboxylic acids is 1. The summed E-state index contributed by atoms with van der Waals surface area (Å²) >= 11 is 1.55. The lowest BCUT2D eigenvalue weighted by Gasteiger charge is -2.07. The molecule has 0 aliphatic carbocycles. The number of aromatic nitrogens is 1. The molecule has 4 nitrogen and oxygen atoms in total. The lowest BCUT2D eigenvalue weighted by Crippen LogP contribution is -2.13. The molecule has 0 atom stereocenters. The number of hydrogen-bond acceptors (Lipinski definition) is 4. The highest BCUT2D eigenvalue weighted by Crippen LogP contribution is 2.29. The van der Waals surface area contributed by atoms with Gasteiger partial charge in [-0.05, 0) is 30.2 Å². The Morgan fingerprint density at radius 1 is 1.26 bits per heavy atom. The second kappa shape index (κ2) is 6.79. The Balaban J connectivity index is 1.71. The molecule has 0 fully saturated rings. The number of anilines is 1. The molecule has 0 bridgehead atoms. The number of amides is 1. The predicted molar refractivity (Wildman–Crippen MR) is 93.3 cm³/mol. The molecule has 1 aromatic carbocycles. The number of rotatable bonds is 5. The summed E-state index contributed by atoms with van der Waals surface area (Å²) in [5.41, 5.74) is 2.73. The van der Waals surface area contributed by atoms with Gasteiger partial charge in [0.05, 0.1) is 12.0 Å². The Morgan fingerprint density at radius 2 is 2.04 bits per heavy atom. The molecule has 0 spiro atoms. The summed E-state index contributed by atoms with van der Waals surface area (Å²) in [6.07, 6.45) is 2.17. The van der Waals surface area contributed by atoms with Crippen LogP contribution >= 0.6 is 11.3 Å². The fourth-order valence-corrected chi connectivity index (χ4v) is 3.02. The lowest BCUT2D eigenvalue weighted by molar-refractivity contribution is -0.116. The molecule has 0 saturated carbocycles. The molecule has 0 aliphatic rings. The minimum absolute atomic E-state index is 0.0431. The van der Waals surface area contributed by atoms with Crippen LogP contribution in [0.5, 0.6) is 0 Å². The summed E-state index contributed by atoms with van der Waals surface area (Å²) in [5, 5.41) is 5.77. The van der Waals surface area contributed by atoms with Gasteiger partial charge in [0.2, 0.25) is 5.91 Å². The van der Waals surface area contributed by atoms with Crippen LogP contribution in [0.4, 0.5) is 5.69 Å². The molecule has 5 heteroatoms. The fraction of sp³-hybridized carbons (Fsp3) is 0.222. The van der Waals surface area contributed by atoms with Gasteiger partial charge in [0.25, 0.3) is 0 Å². The molecule has 1 amide bonds. The number of furan rings is 1. The molecule has 3 rings (SSSR count). The summed E-state index contributed by atoms with van der Waals surface area (Å²) in [5.74, 6) is 1.17. The molecular weight excluding hydrogens is 308 g/mol. The largest absolute Gasteiger partial charge is 0.462 e. The van der Waals surface area contributed by atoms with E-state index in [1.54, 1.807) is 17.6 Å². The highest BCUT2D eigenvalue weighted by atomic mass is 32.1. The second-order valence-electron chi connectivity index (χ2n) is 5.74. The number of benzene rings is 1. The monoisotopic (exact) mass is 326 g/mol. The third-order valence-corrected chi connectivity index (χ3v) is 4.15. The first-order valence-electron chi connectivity index (χ1n) is 7.51. The number of hydrogen-bond donors (Lipinski definition) is 1. The van der Waals surface area contributed by atoms with E-state index >= 15 is 0 Å². The molecule has 23 heavy (non-hydrogen) atoms. The van der Waals surface area contributed by atoms with Crippen molar-refractivity contribution in [2.24, 2.45) is 5.92 Å². The van der Waals surface area contributed by atoms with Gasteiger partial charge >= 0.3 is 0 Å². The van der Waals surface area contributed by atoms with Crippen molar-refractivity contribution >= 4 is 22.9 Å². The van der Waals surface area contributed by atoms with E-state index in [0.29, 0.717) is 12.3 Å². The van der Waals surface area contributed by atoms with Crippen molar-refractivity contribution in [2.75, 3.05) is 5.32 Å². The minimum Gasteiger partial charge on any atom is -0.462 e. The van der Waals surface area contributed by atoms with Crippen LogP contribution in [0.2, 0.25) is 0 Å². The Kier molecular flexibility index (Phi) is 4.57. The molecule has 118 valence electrons. The van der Waals surface area contributed by atoms with E-state index in [4.69, 9.17) is 4.42 Å². The first-order valence-corrected chi connectivity index (χ1v) is 8.39. The van der Waals surface area contributed by atoms with E-state index in [1.807, 2.05) is 55.6 Å². The quantitative estimate of drug-likeness (QED) is 0.713. The van der Waals surface area contributed by atoms with Crippen LogP contribution in [0.3, 0.4) is 0 Å². The first kappa shape index (κ1) is 15.5. The SMILES string of the molecule is CC(C)CC(=O)Nc1ccc(-c2csc(-c3ccco3)n2)cc1. The van der Waals surface area contributed by atoms with Crippen LogP contribution in [-0.2, 0) is 4.79 Å². The Hall–Kier alpha value is -2.40. The standard InChI is InChI=1S/C18H18N2O2S/c1-12(2)10-17(21)19-14-7-5-13(6-8-14)15-11-23-18(20-15)16-4-3-9-22-16/h3-9,11-12H,10H2,1-2H3,(H,19,21). The molecule has 2 heterocycles. The third-order valence-electron chi connectivity index (χ3n) is 3.29. The van der Waals surface area contributed by atoms with Crippen molar-refractivity contribution < 1.29 is 9.21 Å². The van der Waals surface area contributed by atoms with Crippen molar-refractivity contribution in [1.29, 1.82) is 0 Å². The summed E-state index contributed by atoms with van der Waals surface area (Å²) in [4.78, 5) is 16.4. The molecule has 0 radical (unpaired) electrons. The molecule has 2 aromatic heterocycles. The van der Waals surface area contributed by atoms with Crippen LogP contribution in [0.1, 0.15) is 20.3 Å². The summed E-state index contributed by atoms with van der Waals surface area (Å²) < 4.78 is 5.36.